The molecule has 1 amide bonds. The number of carbonyl (C=O) groups excluding carboxylic acids is 2. The van der Waals surface area contributed by atoms with E-state index in [1.165, 1.54) is 6.92 Å². The third-order valence-corrected chi connectivity index (χ3v) is 3.63. The molecule has 1 aliphatic heterocycles. The molecule has 0 N–H and O–H groups in total. The summed E-state index contributed by atoms with van der Waals surface area (Å²) < 4.78 is 76.8. The standard InChI is InChI=1S/C11H13F4NO5S/c1-2-21-10(18)4-8(11(12,13)14)16-5-7(3-9(16)17)6-22(15,19)20/h4,7H,2-3,5-6H2,1H3. The molecule has 0 radical (unpaired) electrons. The smallest absolute Gasteiger partial charge is 0.431 e. The van der Waals surface area contributed by atoms with Crippen molar-refractivity contribution in [1.29, 1.82) is 0 Å². The van der Waals surface area contributed by atoms with E-state index in [2.05, 4.69) is 4.74 Å². The number of ether oxygens (including phenoxy) is 1. The Morgan fingerprint density at radius 2 is 2.05 bits per heavy atom. The fraction of sp³-hybridized carbons (Fsp3) is 0.636. The average Bonchev–Trinajstić information content (AvgIpc) is 2.63. The van der Waals surface area contributed by atoms with Gasteiger partial charge in [-0.1, -0.05) is 0 Å². The Labute approximate surface area is 123 Å². The van der Waals surface area contributed by atoms with Gasteiger partial charge in [0.2, 0.25) is 5.91 Å². The zero-order chi connectivity index (χ0) is 17.1. The van der Waals surface area contributed by atoms with Crippen LogP contribution in [0.5, 0.6) is 0 Å². The summed E-state index contributed by atoms with van der Waals surface area (Å²) in [5, 5.41) is 0. The number of halogens is 4. The number of hydrogen-bond donors (Lipinski definition) is 0. The molecule has 0 aromatic rings. The van der Waals surface area contributed by atoms with E-state index in [0.29, 0.717) is 0 Å². The lowest BCUT2D eigenvalue weighted by Gasteiger charge is -2.22. The number of alkyl halides is 3. The third-order valence-electron chi connectivity index (χ3n) is 2.76. The molecule has 1 unspecified atom stereocenters. The number of amides is 1. The molecular weight excluding hydrogens is 334 g/mol. The SMILES string of the molecule is CCOC(=O)C=C(N1CC(CS(=O)(=O)F)CC1=O)C(F)(F)F. The van der Waals surface area contributed by atoms with Gasteiger partial charge < -0.3 is 9.64 Å². The minimum Gasteiger partial charge on any atom is -0.463 e. The van der Waals surface area contributed by atoms with Crippen LogP contribution in [0.3, 0.4) is 0 Å². The maximum absolute atomic E-state index is 12.9. The number of hydrogen-bond acceptors (Lipinski definition) is 5. The van der Waals surface area contributed by atoms with E-state index in [1.54, 1.807) is 0 Å². The number of allylic oxidation sites excluding steroid dienone is 1. The zero-order valence-electron chi connectivity index (χ0n) is 11.4. The number of carbonyl (C=O) groups is 2. The van der Waals surface area contributed by atoms with Gasteiger partial charge in [0.1, 0.15) is 5.70 Å². The van der Waals surface area contributed by atoms with Gasteiger partial charge in [-0.2, -0.15) is 21.6 Å². The topological polar surface area (TPSA) is 80.8 Å². The Kier molecular flexibility index (Phi) is 5.54. The van der Waals surface area contributed by atoms with E-state index in [4.69, 9.17) is 0 Å². The van der Waals surface area contributed by atoms with E-state index < -0.39 is 58.6 Å². The first-order valence-corrected chi connectivity index (χ1v) is 7.67. The first kappa shape index (κ1) is 18.4. The van der Waals surface area contributed by atoms with Crippen LogP contribution in [0.1, 0.15) is 13.3 Å². The summed E-state index contributed by atoms with van der Waals surface area (Å²) in [6.07, 6.45) is -5.46. The van der Waals surface area contributed by atoms with Gasteiger partial charge in [0.25, 0.3) is 0 Å². The predicted molar refractivity (Wildman–Crippen MR) is 65.5 cm³/mol. The highest BCUT2D eigenvalue weighted by Crippen LogP contribution is 2.33. The van der Waals surface area contributed by atoms with E-state index in [1.807, 2.05) is 0 Å². The Bertz CT molecular complexity index is 584. The lowest BCUT2D eigenvalue weighted by Crippen LogP contribution is -2.34. The molecule has 6 nitrogen and oxygen atoms in total. The molecule has 22 heavy (non-hydrogen) atoms. The van der Waals surface area contributed by atoms with Crippen molar-refractivity contribution in [3.05, 3.63) is 11.8 Å². The van der Waals surface area contributed by atoms with E-state index >= 15 is 0 Å². The molecule has 1 aliphatic rings. The average molecular weight is 347 g/mol. The summed E-state index contributed by atoms with van der Waals surface area (Å²) in [4.78, 5) is 23.0. The van der Waals surface area contributed by atoms with Crippen molar-refractivity contribution in [1.82, 2.24) is 4.90 Å². The molecule has 0 bridgehead atoms. The normalized spacial score (nSPS) is 20.4. The van der Waals surface area contributed by atoms with Crippen LogP contribution < -0.4 is 0 Å². The lowest BCUT2D eigenvalue weighted by atomic mass is 10.1. The number of rotatable bonds is 5. The molecule has 1 rings (SSSR count). The van der Waals surface area contributed by atoms with Gasteiger partial charge in [-0.15, -0.1) is 3.89 Å². The largest absolute Gasteiger partial charge is 0.463 e. The molecule has 1 heterocycles. The van der Waals surface area contributed by atoms with Crippen molar-refractivity contribution < 1.29 is 39.8 Å². The molecular formula is C11H13F4NO5S. The van der Waals surface area contributed by atoms with Crippen molar-refractivity contribution >= 4 is 22.1 Å². The second-order valence-electron chi connectivity index (χ2n) is 4.56. The summed E-state index contributed by atoms with van der Waals surface area (Å²) in [5.74, 6) is -4.50. The van der Waals surface area contributed by atoms with Crippen LogP contribution >= 0.6 is 0 Å². The molecule has 1 saturated heterocycles. The number of esters is 1. The van der Waals surface area contributed by atoms with Crippen molar-refractivity contribution in [3.8, 4) is 0 Å². The second-order valence-corrected chi connectivity index (χ2v) is 5.97. The lowest BCUT2D eigenvalue weighted by molar-refractivity contribution is -0.142. The van der Waals surface area contributed by atoms with Gasteiger partial charge >= 0.3 is 22.4 Å². The fourth-order valence-electron chi connectivity index (χ4n) is 2.02. The first-order valence-electron chi connectivity index (χ1n) is 6.12. The summed E-state index contributed by atoms with van der Waals surface area (Å²) >= 11 is 0. The molecule has 1 atom stereocenters. The van der Waals surface area contributed by atoms with Crippen molar-refractivity contribution in [2.45, 2.75) is 19.5 Å². The maximum Gasteiger partial charge on any atom is 0.431 e. The van der Waals surface area contributed by atoms with Crippen LogP contribution in [0, 0.1) is 5.92 Å². The monoisotopic (exact) mass is 347 g/mol. The quantitative estimate of drug-likeness (QED) is 0.322. The Morgan fingerprint density at radius 3 is 2.50 bits per heavy atom. The minimum absolute atomic E-state index is 0.119. The summed E-state index contributed by atoms with van der Waals surface area (Å²) in [5.41, 5.74) is -1.56. The first-order chi connectivity index (χ1) is 9.94. The third kappa shape index (κ3) is 5.28. The molecule has 0 spiro atoms. The van der Waals surface area contributed by atoms with Crippen LogP contribution in [0.15, 0.2) is 11.8 Å². The Hall–Kier alpha value is -1.65. The van der Waals surface area contributed by atoms with Gasteiger partial charge in [0.05, 0.1) is 18.4 Å². The van der Waals surface area contributed by atoms with Crippen LogP contribution in [0.2, 0.25) is 0 Å². The number of nitrogens with zero attached hydrogens (tertiary/aromatic N) is 1. The van der Waals surface area contributed by atoms with Crippen molar-refractivity contribution in [2.75, 3.05) is 18.9 Å². The molecule has 1 fully saturated rings. The zero-order valence-corrected chi connectivity index (χ0v) is 12.2. The fourth-order valence-corrected chi connectivity index (χ4v) is 2.80. The van der Waals surface area contributed by atoms with E-state index in [0.717, 1.165) is 0 Å². The maximum atomic E-state index is 12.9. The summed E-state index contributed by atoms with van der Waals surface area (Å²) in [7, 11) is -4.92. The molecule has 11 heteroatoms. The van der Waals surface area contributed by atoms with Crippen molar-refractivity contribution in [3.63, 3.8) is 0 Å². The van der Waals surface area contributed by atoms with Crippen LogP contribution in [0.4, 0.5) is 17.1 Å². The van der Waals surface area contributed by atoms with Gasteiger partial charge in [-0.05, 0) is 6.92 Å². The van der Waals surface area contributed by atoms with E-state index in [-0.39, 0.29) is 17.6 Å². The highest BCUT2D eigenvalue weighted by atomic mass is 32.3. The Balaban J connectivity index is 3.02. The van der Waals surface area contributed by atoms with Gasteiger partial charge in [0, 0.05) is 18.9 Å². The highest BCUT2D eigenvalue weighted by molar-refractivity contribution is 7.86. The van der Waals surface area contributed by atoms with Gasteiger partial charge in [-0.25, -0.2) is 4.79 Å². The summed E-state index contributed by atoms with van der Waals surface area (Å²) in [6.45, 7) is 0.589. The van der Waals surface area contributed by atoms with E-state index in [9.17, 15) is 35.1 Å². The molecule has 0 aromatic carbocycles. The van der Waals surface area contributed by atoms with Gasteiger partial charge in [-0.3, -0.25) is 4.79 Å². The van der Waals surface area contributed by atoms with Crippen LogP contribution in [0.25, 0.3) is 0 Å². The summed E-state index contributed by atoms with van der Waals surface area (Å²) in [6, 6.07) is 0. The highest BCUT2D eigenvalue weighted by Gasteiger charge is 2.45. The predicted octanol–water partition coefficient (Wildman–Crippen LogP) is 1.14. The van der Waals surface area contributed by atoms with Gasteiger partial charge in [0.15, 0.2) is 0 Å². The number of likely N-dealkylation sites (tertiary alicyclic amines) is 1. The minimum atomic E-state index is -5.02. The molecule has 126 valence electrons. The molecule has 0 saturated carbocycles. The van der Waals surface area contributed by atoms with Crippen molar-refractivity contribution in [2.24, 2.45) is 5.92 Å². The second kappa shape index (κ2) is 6.63. The molecule has 0 aromatic heterocycles. The van der Waals surface area contributed by atoms with Crippen LogP contribution in [-0.2, 0) is 24.5 Å². The molecule has 0 aliphatic carbocycles. The Morgan fingerprint density at radius 1 is 1.45 bits per heavy atom. The van der Waals surface area contributed by atoms with Crippen LogP contribution in [-0.4, -0.2) is 50.3 Å².